The van der Waals surface area contributed by atoms with Crippen LogP contribution in [0.3, 0.4) is 0 Å². The molecule has 0 fully saturated rings. The van der Waals surface area contributed by atoms with E-state index in [0.29, 0.717) is 41.3 Å². The lowest BCUT2D eigenvalue weighted by Crippen LogP contribution is -2.29. The van der Waals surface area contributed by atoms with Gasteiger partial charge in [-0.25, -0.2) is 4.79 Å². The second-order valence-electron chi connectivity index (χ2n) is 8.71. The Bertz CT molecular complexity index is 1340. The first-order chi connectivity index (χ1) is 16.9. The summed E-state index contributed by atoms with van der Waals surface area (Å²) in [5, 5.41) is 7.50. The molecule has 35 heavy (non-hydrogen) atoms. The molecular formula is C27H26N2O6. The van der Waals surface area contributed by atoms with Crippen molar-refractivity contribution in [2.45, 2.75) is 31.6 Å². The van der Waals surface area contributed by atoms with Crippen LogP contribution < -0.4 is 14.8 Å². The van der Waals surface area contributed by atoms with Gasteiger partial charge in [-0.15, -0.1) is 0 Å². The average molecular weight is 475 g/mol. The molecule has 1 aliphatic carbocycles. The van der Waals surface area contributed by atoms with Crippen molar-refractivity contribution in [3.8, 4) is 11.5 Å². The first-order valence-corrected chi connectivity index (χ1v) is 11.3. The SMILES string of the molecule is COC(=O)c1ccc(C2C3=C(CC(c4cc(OC)ccc4OC)CC3=O)Nc3onc(C)c32)cc1. The zero-order valence-electron chi connectivity index (χ0n) is 20.0. The minimum absolute atomic E-state index is 0.0434. The van der Waals surface area contributed by atoms with Crippen LogP contribution in [-0.4, -0.2) is 38.2 Å². The second-order valence-corrected chi connectivity index (χ2v) is 8.71. The van der Waals surface area contributed by atoms with Crippen molar-refractivity contribution in [1.29, 1.82) is 0 Å². The fourth-order valence-corrected chi connectivity index (χ4v) is 5.11. The van der Waals surface area contributed by atoms with Gasteiger partial charge in [0.2, 0.25) is 5.88 Å². The van der Waals surface area contributed by atoms with Crippen molar-refractivity contribution in [2.24, 2.45) is 0 Å². The fraction of sp³-hybridized carbons (Fsp3) is 0.296. The Morgan fingerprint density at radius 1 is 1.06 bits per heavy atom. The monoisotopic (exact) mass is 474 g/mol. The van der Waals surface area contributed by atoms with Gasteiger partial charge in [0.1, 0.15) is 11.5 Å². The highest BCUT2D eigenvalue weighted by Crippen LogP contribution is 2.50. The molecule has 1 N–H and O–H groups in total. The summed E-state index contributed by atoms with van der Waals surface area (Å²) in [6.07, 6.45) is 0.932. The van der Waals surface area contributed by atoms with E-state index >= 15 is 0 Å². The summed E-state index contributed by atoms with van der Waals surface area (Å²) in [4.78, 5) is 25.6. The van der Waals surface area contributed by atoms with Crippen LogP contribution in [0.5, 0.6) is 11.5 Å². The number of esters is 1. The summed E-state index contributed by atoms with van der Waals surface area (Å²) in [7, 11) is 4.59. The highest BCUT2D eigenvalue weighted by atomic mass is 16.5. The number of rotatable bonds is 5. The molecule has 180 valence electrons. The number of nitrogens with one attached hydrogen (secondary N) is 1. The van der Waals surface area contributed by atoms with Gasteiger partial charge in [0.25, 0.3) is 0 Å². The minimum atomic E-state index is -0.410. The molecule has 0 radical (unpaired) electrons. The lowest BCUT2D eigenvalue weighted by Gasteiger charge is -2.35. The number of nitrogens with zero attached hydrogens (tertiary/aromatic N) is 1. The molecule has 2 atom stereocenters. The first kappa shape index (κ1) is 22.7. The van der Waals surface area contributed by atoms with Gasteiger partial charge < -0.3 is 24.1 Å². The molecule has 0 saturated carbocycles. The molecule has 1 aliphatic heterocycles. The Balaban J connectivity index is 1.58. The molecule has 0 amide bonds. The van der Waals surface area contributed by atoms with Crippen molar-refractivity contribution in [1.82, 2.24) is 5.16 Å². The number of hydrogen-bond donors (Lipinski definition) is 1. The van der Waals surface area contributed by atoms with E-state index in [-0.39, 0.29) is 17.6 Å². The number of aromatic nitrogens is 1. The number of hydrogen-bond acceptors (Lipinski definition) is 8. The third-order valence-electron chi connectivity index (χ3n) is 6.80. The molecule has 2 aromatic carbocycles. The van der Waals surface area contributed by atoms with Crippen molar-refractivity contribution >= 4 is 17.6 Å². The molecule has 3 aromatic rings. The Hall–Kier alpha value is -4.07. The van der Waals surface area contributed by atoms with Gasteiger partial charge in [0.05, 0.1) is 38.2 Å². The predicted octanol–water partition coefficient (Wildman–Crippen LogP) is 4.75. The van der Waals surface area contributed by atoms with Gasteiger partial charge in [0, 0.05) is 35.1 Å². The summed E-state index contributed by atoms with van der Waals surface area (Å²) in [6, 6.07) is 12.8. The lowest BCUT2D eigenvalue weighted by molar-refractivity contribution is -0.116. The van der Waals surface area contributed by atoms with E-state index < -0.39 is 5.97 Å². The number of ether oxygens (including phenoxy) is 3. The highest BCUT2D eigenvalue weighted by Gasteiger charge is 2.41. The molecule has 2 unspecified atom stereocenters. The van der Waals surface area contributed by atoms with E-state index in [1.54, 1.807) is 26.4 Å². The van der Waals surface area contributed by atoms with Gasteiger partial charge in [-0.05, 0) is 49.2 Å². The van der Waals surface area contributed by atoms with Crippen LogP contribution in [0, 0.1) is 6.92 Å². The standard InChI is InChI=1S/C27H26N2O6/c1-14-23-24(15-5-7-16(8-6-15)27(31)34-4)25-20(28-26(23)35-29-14)11-17(12-21(25)30)19-13-18(32-2)9-10-22(19)33-3/h5-10,13,17,24,28H,11-12H2,1-4H3. The molecule has 8 heteroatoms. The number of benzene rings is 2. The number of allylic oxidation sites excluding steroid dienone is 2. The van der Waals surface area contributed by atoms with Gasteiger partial charge >= 0.3 is 5.97 Å². The van der Waals surface area contributed by atoms with Crippen molar-refractivity contribution < 1.29 is 28.3 Å². The number of carbonyl (C=O) groups excluding carboxylic acids is 2. The average Bonchev–Trinajstić information content (AvgIpc) is 3.26. The predicted molar refractivity (Wildman–Crippen MR) is 128 cm³/mol. The number of anilines is 1. The number of methoxy groups -OCH3 is 3. The number of fused-ring (bicyclic) bond motifs is 1. The van der Waals surface area contributed by atoms with Crippen LogP contribution in [0.25, 0.3) is 0 Å². The summed E-state index contributed by atoms with van der Waals surface area (Å²) >= 11 is 0. The molecule has 2 heterocycles. The van der Waals surface area contributed by atoms with Crippen molar-refractivity contribution in [3.05, 3.63) is 81.7 Å². The Morgan fingerprint density at radius 3 is 2.51 bits per heavy atom. The van der Waals surface area contributed by atoms with Gasteiger partial charge in [-0.2, -0.15) is 0 Å². The molecule has 0 bridgehead atoms. The van der Waals surface area contributed by atoms with Crippen LogP contribution >= 0.6 is 0 Å². The van der Waals surface area contributed by atoms with Gasteiger partial charge in [-0.3, -0.25) is 4.79 Å². The molecular weight excluding hydrogens is 448 g/mol. The zero-order valence-corrected chi connectivity index (χ0v) is 20.0. The molecule has 5 rings (SSSR count). The number of aryl methyl sites for hydroxylation is 1. The summed E-state index contributed by atoms with van der Waals surface area (Å²) in [5.41, 5.74) is 5.30. The highest BCUT2D eigenvalue weighted by molar-refractivity contribution is 6.01. The number of Topliss-reactive ketones (excluding diaryl/α,β-unsaturated/α-hetero) is 1. The lowest BCUT2D eigenvalue weighted by atomic mass is 9.72. The van der Waals surface area contributed by atoms with Crippen molar-refractivity contribution in [3.63, 3.8) is 0 Å². The topological polar surface area (TPSA) is 99.9 Å². The maximum Gasteiger partial charge on any atom is 0.337 e. The third-order valence-corrected chi connectivity index (χ3v) is 6.80. The van der Waals surface area contributed by atoms with Crippen LogP contribution in [0.1, 0.15) is 57.4 Å². The Morgan fingerprint density at radius 2 is 1.83 bits per heavy atom. The van der Waals surface area contributed by atoms with Crippen LogP contribution in [0.2, 0.25) is 0 Å². The molecule has 0 spiro atoms. The smallest absolute Gasteiger partial charge is 0.337 e. The number of ketones is 1. The third kappa shape index (κ3) is 3.84. The maximum atomic E-state index is 13.7. The van der Waals surface area contributed by atoms with Crippen LogP contribution in [0.4, 0.5) is 5.88 Å². The molecule has 0 saturated heterocycles. The first-order valence-electron chi connectivity index (χ1n) is 11.3. The van der Waals surface area contributed by atoms with E-state index in [9.17, 15) is 9.59 Å². The molecule has 2 aliphatic rings. The summed E-state index contributed by atoms with van der Waals surface area (Å²) < 4.78 is 21.4. The largest absolute Gasteiger partial charge is 0.497 e. The van der Waals surface area contributed by atoms with Crippen LogP contribution in [-0.2, 0) is 9.53 Å². The second kappa shape index (κ2) is 8.94. The van der Waals surface area contributed by atoms with Gasteiger partial charge in [-0.1, -0.05) is 17.3 Å². The van der Waals surface area contributed by atoms with Gasteiger partial charge in [0.15, 0.2) is 5.78 Å². The number of carbonyl (C=O) groups is 2. The molecule has 8 nitrogen and oxygen atoms in total. The zero-order chi connectivity index (χ0) is 24.7. The normalized spacial score (nSPS) is 18.9. The van der Waals surface area contributed by atoms with E-state index in [1.807, 2.05) is 37.3 Å². The van der Waals surface area contributed by atoms with E-state index in [1.165, 1.54) is 7.11 Å². The minimum Gasteiger partial charge on any atom is -0.497 e. The van der Waals surface area contributed by atoms with Crippen molar-refractivity contribution in [2.75, 3.05) is 26.6 Å². The maximum absolute atomic E-state index is 13.7. The molecule has 1 aromatic heterocycles. The Kier molecular flexibility index (Phi) is 5.80. The van der Waals surface area contributed by atoms with Crippen LogP contribution in [0.15, 0.2) is 58.3 Å². The Labute approximate surface area is 202 Å². The van der Waals surface area contributed by atoms with E-state index in [2.05, 4.69) is 10.5 Å². The summed E-state index contributed by atoms with van der Waals surface area (Å²) in [5.74, 6) is 1.16. The quantitative estimate of drug-likeness (QED) is 0.529. The summed E-state index contributed by atoms with van der Waals surface area (Å²) in [6.45, 7) is 1.86. The van der Waals surface area contributed by atoms with E-state index in [4.69, 9.17) is 18.7 Å². The van der Waals surface area contributed by atoms with E-state index in [0.717, 1.165) is 28.1 Å². The fourth-order valence-electron chi connectivity index (χ4n) is 5.11.